The number of hydrogen-bond acceptors (Lipinski definition) is 6. The Morgan fingerprint density at radius 3 is 0.950 bits per heavy atom. The van der Waals surface area contributed by atoms with Crippen LogP contribution in [-0.2, 0) is 28.6 Å². The normalized spacial score (nSPS) is 12.1. The van der Waals surface area contributed by atoms with Crippen LogP contribution in [0.5, 0.6) is 0 Å². The zero-order valence-corrected chi connectivity index (χ0v) is 40.2. The van der Waals surface area contributed by atoms with Gasteiger partial charge in [-0.05, 0) is 51.4 Å². The van der Waals surface area contributed by atoms with Gasteiger partial charge in [-0.1, -0.05) is 238 Å². The zero-order valence-electron chi connectivity index (χ0n) is 40.2. The molecule has 0 rings (SSSR count). The Balaban J connectivity index is 4.31. The van der Waals surface area contributed by atoms with E-state index < -0.39 is 6.10 Å². The third-order valence-electron chi connectivity index (χ3n) is 11.7. The van der Waals surface area contributed by atoms with Crippen molar-refractivity contribution in [3.63, 3.8) is 0 Å². The predicted molar refractivity (Wildman–Crippen MR) is 256 cm³/mol. The average molecular weight is 845 g/mol. The molecule has 0 heterocycles. The molecule has 0 bridgehead atoms. The average Bonchev–Trinajstić information content (AvgIpc) is 3.24. The Bertz CT molecular complexity index is 973. The minimum Gasteiger partial charge on any atom is -0.462 e. The summed E-state index contributed by atoms with van der Waals surface area (Å²) in [6.45, 7) is 6.63. The number of allylic oxidation sites excluding steroid dienone is 4. The molecule has 0 radical (unpaired) electrons. The summed E-state index contributed by atoms with van der Waals surface area (Å²) >= 11 is 0. The Labute approximate surface area is 373 Å². The summed E-state index contributed by atoms with van der Waals surface area (Å²) in [6.07, 6.45) is 55.9. The van der Waals surface area contributed by atoms with Gasteiger partial charge >= 0.3 is 17.9 Å². The molecule has 0 aromatic rings. The molecule has 6 nitrogen and oxygen atoms in total. The fraction of sp³-hybridized carbons (Fsp3) is 0.870. The number of hydrogen-bond donors (Lipinski definition) is 0. The van der Waals surface area contributed by atoms with Gasteiger partial charge in [0.05, 0.1) is 0 Å². The second-order valence-corrected chi connectivity index (χ2v) is 17.8. The highest BCUT2D eigenvalue weighted by atomic mass is 16.6. The SMILES string of the molecule is CCCCC/C=C\C/C=C\CCCCCCCCCC(=O)OC[C@@H](COC(=O)CCCCCCCCCCCC)OC(=O)CCCCCCCCCCCCCCCCC. The fourth-order valence-corrected chi connectivity index (χ4v) is 7.71. The van der Waals surface area contributed by atoms with Gasteiger partial charge in [0.25, 0.3) is 0 Å². The Morgan fingerprint density at radius 1 is 0.333 bits per heavy atom. The van der Waals surface area contributed by atoms with E-state index in [4.69, 9.17) is 14.2 Å². The van der Waals surface area contributed by atoms with E-state index in [2.05, 4.69) is 45.1 Å². The van der Waals surface area contributed by atoms with Crippen LogP contribution in [0.3, 0.4) is 0 Å². The van der Waals surface area contributed by atoms with Crippen molar-refractivity contribution < 1.29 is 28.6 Å². The summed E-state index contributed by atoms with van der Waals surface area (Å²) < 4.78 is 16.8. The van der Waals surface area contributed by atoms with E-state index in [1.54, 1.807) is 0 Å². The van der Waals surface area contributed by atoms with Crippen molar-refractivity contribution >= 4 is 17.9 Å². The molecule has 0 aliphatic rings. The van der Waals surface area contributed by atoms with Crippen molar-refractivity contribution in [3.05, 3.63) is 24.3 Å². The molecule has 0 aliphatic carbocycles. The summed E-state index contributed by atoms with van der Waals surface area (Å²) in [5, 5.41) is 0. The molecule has 0 aromatic heterocycles. The van der Waals surface area contributed by atoms with Gasteiger partial charge in [0, 0.05) is 19.3 Å². The van der Waals surface area contributed by atoms with Crippen LogP contribution in [0, 0.1) is 0 Å². The molecule has 0 amide bonds. The van der Waals surface area contributed by atoms with Crippen LogP contribution in [0.15, 0.2) is 24.3 Å². The lowest BCUT2D eigenvalue weighted by Gasteiger charge is -2.18. The molecule has 0 fully saturated rings. The van der Waals surface area contributed by atoms with Gasteiger partial charge in [0.1, 0.15) is 13.2 Å². The van der Waals surface area contributed by atoms with Crippen molar-refractivity contribution in [1.29, 1.82) is 0 Å². The van der Waals surface area contributed by atoms with Gasteiger partial charge in [-0.3, -0.25) is 14.4 Å². The lowest BCUT2D eigenvalue weighted by atomic mass is 10.0. The Hall–Kier alpha value is -2.11. The molecule has 6 heteroatoms. The quantitative estimate of drug-likeness (QED) is 0.0263. The number of unbranched alkanes of at least 4 members (excludes halogenated alkanes) is 33. The topological polar surface area (TPSA) is 78.9 Å². The highest BCUT2D eigenvalue weighted by Crippen LogP contribution is 2.16. The molecular weight excluding hydrogens is 745 g/mol. The summed E-state index contributed by atoms with van der Waals surface area (Å²) in [5.41, 5.74) is 0. The minimum atomic E-state index is -0.767. The maximum absolute atomic E-state index is 12.8. The van der Waals surface area contributed by atoms with Crippen molar-refractivity contribution in [2.75, 3.05) is 13.2 Å². The van der Waals surface area contributed by atoms with Gasteiger partial charge < -0.3 is 14.2 Å². The predicted octanol–water partition coefficient (Wildman–Crippen LogP) is 17.2. The first-order chi connectivity index (χ1) is 29.5. The molecule has 1 atom stereocenters. The van der Waals surface area contributed by atoms with Gasteiger partial charge in [-0.25, -0.2) is 0 Å². The standard InChI is InChI=1S/C54H100O6/c1-4-7-10-13-16-19-22-24-26-27-29-30-32-35-38-41-44-47-53(56)59-50-51(49-58-52(55)46-43-40-37-34-21-18-15-12-9-6-3)60-54(57)48-45-42-39-36-33-31-28-25-23-20-17-14-11-8-5-2/h16,19,24,26,51H,4-15,17-18,20-23,25,27-50H2,1-3H3/b19-16-,26-24-/t51-/m1/s1. The molecule has 0 unspecified atom stereocenters. The molecular formula is C54H100O6. The van der Waals surface area contributed by atoms with Crippen LogP contribution in [-0.4, -0.2) is 37.2 Å². The second kappa shape index (κ2) is 49.5. The van der Waals surface area contributed by atoms with Crippen LogP contribution < -0.4 is 0 Å². The first kappa shape index (κ1) is 57.9. The largest absolute Gasteiger partial charge is 0.462 e. The molecule has 0 aromatic carbocycles. The lowest BCUT2D eigenvalue weighted by molar-refractivity contribution is -0.167. The zero-order chi connectivity index (χ0) is 43.7. The van der Waals surface area contributed by atoms with E-state index in [-0.39, 0.29) is 31.1 Å². The molecule has 0 saturated heterocycles. The summed E-state index contributed by atoms with van der Waals surface area (Å²) in [5.74, 6) is -0.864. The third-order valence-corrected chi connectivity index (χ3v) is 11.7. The van der Waals surface area contributed by atoms with Crippen molar-refractivity contribution in [2.45, 2.75) is 290 Å². The Morgan fingerprint density at radius 2 is 0.600 bits per heavy atom. The van der Waals surface area contributed by atoms with Crippen molar-refractivity contribution in [2.24, 2.45) is 0 Å². The molecule has 60 heavy (non-hydrogen) atoms. The third kappa shape index (κ3) is 46.9. The number of carbonyl (C=O) groups excluding carboxylic acids is 3. The van der Waals surface area contributed by atoms with E-state index >= 15 is 0 Å². The maximum Gasteiger partial charge on any atom is 0.306 e. The molecule has 352 valence electrons. The molecule has 0 N–H and O–H groups in total. The monoisotopic (exact) mass is 845 g/mol. The van der Waals surface area contributed by atoms with Crippen LogP contribution in [0.2, 0.25) is 0 Å². The fourth-order valence-electron chi connectivity index (χ4n) is 7.71. The lowest BCUT2D eigenvalue weighted by Crippen LogP contribution is -2.30. The summed E-state index contributed by atoms with van der Waals surface area (Å²) in [6, 6.07) is 0. The minimum absolute atomic E-state index is 0.0690. The summed E-state index contributed by atoms with van der Waals surface area (Å²) in [4.78, 5) is 37.9. The van der Waals surface area contributed by atoms with E-state index in [0.717, 1.165) is 70.6 Å². The van der Waals surface area contributed by atoms with Gasteiger partial charge in [-0.2, -0.15) is 0 Å². The van der Waals surface area contributed by atoms with Crippen LogP contribution >= 0.6 is 0 Å². The van der Waals surface area contributed by atoms with Crippen LogP contribution in [0.25, 0.3) is 0 Å². The first-order valence-corrected chi connectivity index (χ1v) is 26.3. The summed E-state index contributed by atoms with van der Waals surface area (Å²) in [7, 11) is 0. The highest BCUT2D eigenvalue weighted by Gasteiger charge is 2.19. The first-order valence-electron chi connectivity index (χ1n) is 26.3. The van der Waals surface area contributed by atoms with Gasteiger partial charge in [-0.15, -0.1) is 0 Å². The van der Waals surface area contributed by atoms with Gasteiger partial charge in [0.15, 0.2) is 6.10 Å². The number of rotatable bonds is 48. The number of esters is 3. The number of ether oxygens (including phenoxy) is 3. The molecule has 0 spiro atoms. The Kier molecular flexibility index (Phi) is 47.8. The van der Waals surface area contributed by atoms with Crippen molar-refractivity contribution in [3.8, 4) is 0 Å². The second-order valence-electron chi connectivity index (χ2n) is 17.8. The van der Waals surface area contributed by atoms with Crippen LogP contribution in [0.4, 0.5) is 0 Å². The van der Waals surface area contributed by atoms with E-state index in [1.807, 2.05) is 0 Å². The maximum atomic E-state index is 12.8. The molecule has 0 aliphatic heterocycles. The number of carbonyl (C=O) groups is 3. The van der Waals surface area contributed by atoms with E-state index in [9.17, 15) is 14.4 Å². The smallest absolute Gasteiger partial charge is 0.306 e. The molecule has 0 saturated carbocycles. The highest BCUT2D eigenvalue weighted by molar-refractivity contribution is 5.71. The van der Waals surface area contributed by atoms with E-state index in [1.165, 1.54) is 173 Å². The van der Waals surface area contributed by atoms with Gasteiger partial charge in [0.2, 0.25) is 0 Å². The van der Waals surface area contributed by atoms with Crippen molar-refractivity contribution in [1.82, 2.24) is 0 Å². The van der Waals surface area contributed by atoms with E-state index in [0.29, 0.717) is 19.3 Å². The van der Waals surface area contributed by atoms with Crippen LogP contribution in [0.1, 0.15) is 284 Å².